The molecule has 13 rings (SSSR count). The molecule has 0 radical (unpaired) electrons. The van der Waals surface area contributed by atoms with E-state index in [1.165, 1.54) is 60.6 Å². The zero-order chi connectivity index (χ0) is 61.2. The molecule has 5 aliphatic rings. The van der Waals surface area contributed by atoms with E-state index in [1.807, 2.05) is 9.80 Å². The Labute approximate surface area is 511 Å². The van der Waals surface area contributed by atoms with Crippen LogP contribution in [0, 0.1) is 0 Å². The molecule has 5 aliphatic heterocycles. The van der Waals surface area contributed by atoms with Gasteiger partial charge in [0.15, 0.2) is 12.2 Å². The molecule has 8 aromatic rings. The lowest BCUT2D eigenvalue weighted by molar-refractivity contribution is -0.126. The molecule has 462 valence electrons. The molecule has 0 aliphatic carbocycles. The van der Waals surface area contributed by atoms with Crippen molar-refractivity contribution < 1.29 is 36.6 Å². The van der Waals surface area contributed by atoms with E-state index in [2.05, 4.69) is 108 Å². The number of aromatic nitrogens is 15. The van der Waals surface area contributed by atoms with Crippen LogP contribution in [0.3, 0.4) is 0 Å². The Bertz CT molecular complexity index is 3390. The first kappa shape index (κ1) is 60.6. The lowest BCUT2D eigenvalue weighted by atomic mass is 10.0. The minimum Gasteiger partial charge on any atom is -0.374 e. The van der Waals surface area contributed by atoms with Crippen LogP contribution in [0.2, 0.25) is 0 Å². The Morgan fingerprint density at radius 1 is 0.511 bits per heavy atom. The molecule has 0 bridgehead atoms. The Hall–Kier alpha value is -9.07. The van der Waals surface area contributed by atoms with Crippen LogP contribution in [0.5, 0.6) is 0 Å². The number of ether oxygens (including phenoxy) is 2. The topological polar surface area (TPSA) is 348 Å². The summed E-state index contributed by atoms with van der Waals surface area (Å²) in [7, 11) is 2.83. The number of halogens is 4. The van der Waals surface area contributed by atoms with E-state index in [0.717, 1.165) is 50.6 Å². The van der Waals surface area contributed by atoms with Crippen LogP contribution in [0.25, 0.3) is 0 Å². The molecule has 2 amide bonds. The summed E-state index contributed by atoms with van der Waals surface area (Å²) in [6, 6.07) is 14.3. The molecule has 0 spiro atoms. The van der Waals surface area contributed by atoms with E-state index in [0.29, 0.717) is 85.1 Å². The van der Waals surface area contributed by atoms with Crippen molar-refractivity contribution in [2.24, 2.45) is 0 Å². The minimum atomic E-state index is -2.68. The summed E-state index contributed by atoms with van der Waals surface area (Å²) in [6.07, 6.45) is 10.4. The summed E-state index contributed by atoms with van der Waals surface area (Å²) in [6.45, 7) is 3.33. The predicted octanol–water partition coefficient (Wildman–Crippen LogP) is 4.39. The molecule has 37 heteroatoms. The zero-order valence-corrected chi connectivity index (χ0v) is 49.5. The summed E-state index contributed by atoms with van der Waals surface area (Å²) >= 11 is 3.78. The van der Waals surface area contributed by atoms with Crippen LogP contribution in [0.1, 0.15) is 42.6 Å². The van der Waals surface area contributed by atoms with Gasteiger partial charge in [-0.2, -0.15) is 15.3 Å². The van der Waals surface area contributed by atoms with Crippen molar-refractivity contribution in [3.8, 4) is 0 Å². The third-order valence-corrected chi connectivity index (χ3v) is 16.5. The maximum absolute atomic E-state index is 13.2. The summed E-state index contributed by atoms with van der Waals surface area (Å²) in [5.74, 6) is -4.39. The van der Waals surface area contributed by atoms with Crippen LogP contribution in [-0.4, -0.2) is 198 Å². The molecule has 30 nitrogen and oxygen atoms in total. The monoisotopic (exact) mass is 1270 g/mol. The molecule has 88 heavy (non-hydrogen) atoms. The average molecular weight is 1270 g/mol. The highest BCUT2D eigenvalue weighted by Gasteiger charge is 2.45. The Kier molecular flexibility index (Phi) is 18.8. The maximum atomic E-state index is 13.2. The number of carbonyl (C=O) groups excluding carboxylic acids is 2. The molecule has 2 aromatic carbocycles. The molecule has 11 heterocycles. The first-order valence-electron chi connectivity index (χ1n) is 27.5. The van der Waals surface area contributed by atoms with Gasteiger partial charge in [0.25, 0.3) is 23.7 Å². The number of rotatable bonds is 19. The van der Waals surface area contributed by atoms with Gasteiger partial charge in [-0.25, -0.2) is 32.5 Å². The number of nitrogens with two attached hydrogens (primary N) is 1. The number of hydrogen-bond donors (Lipinski definition) is 6. The fourth-order valence-corrected chi connectivity index (χ4v) is 12.1. The second-order valence-electron chi connectivity index (χ2n) is 20.7. The van der Waals surface area contributed by atoms with Crippen LogP contribution >= 0.6 is 34.0 Å². The number of carbonyl (C=O) groups is 2. The fraction of sp³-hybridized carbons (Fsp3) is 0.431. The number of nitrogen functional groups attached to an aromatic ring is 1. The van der Waals surface area contributed by atoms with Crippen molar-refractivity contribution in [1.29, 1.82) is 0 Å². The SMILES string of the molecule is CO[C@@H](C(=O)Nc1nnc(N[C@@H]2CCN(c3nccnn3)C2)s1)c1cccc(N2CC(F)(F)C2)c1.CO[C@H](C(=O)Nc1nnc(N[C@@H]2CCN(c3nccnn3)C2)s1)c1cccc(N2CC(F)(F)C2)c1.Nc1nnc(N[C@@H]2CCN(c3nccnn3)C2)s1. The summed E-state index contributed by atoms with van der Waals surface area (Å²) in [5.41, 5.74) is 7.89. The van der Waals surface area contributed by atoms with Gasteiger partial charge >= 0.3 is 0 Å². The van der Waals surface area contributed by atoms with Crippen molar-refractivity contribution in [2.45, 2.75) is 61.4 Å². The Balaban J connectivity index is 0.000000144. The van der Waals surface area contributed by atoms with Crippen molar-refractivity contribution in [1.82, 2.24) is 76.1 Å². The number of nitrogens with zero attached hydrogens (tertiary/aromatic N) is 20. The number of anilines is 11. The summed E-state index contributed by atoms with van der Waals surface area (Å²) in [5, 5.41) is 66.1. The van der Waals surface area contributed by atoms with Crippen molar-refractivity contribution in [2.75, 3.05) is 136 Å². The molecule has 0 saturated carbocycles. The van der Waals surface area contributed by atoms with Gasteiger partial charge in [0, 0.05) is 83.0 Å². The normalized spacial score (nSPS) is 19.7. The van der Waals surface area contributed by atoms with Gasteiger partial charge < -0.3 is 55.7 Å². The molecule has 0 unspecified atom stereocenters. The third kappa shape index (κ3) is 15.5. The van der Waals surface area contributed by atoms with Crippen LogP contribution in [-0.2, 0) is 19.1 Å². The molecule has 6 aromatic heterocycles. The molecule has 5 fully saturated rings. The first-order valence-corrected chi connectivity index (χ1v) is 29.9. The van der Waals surface area contributed by atoms with Crippen LogP contribution in [0.4, 0.5) is 77.6 Å². The summed E-state index contributed by atoms with van der Waals surface area (Å²) in [4.78, 5) is 47.7. The highest BCUT2D eigenvalue weighted by Crippen LogP contribution is 2.36. The second-order valence-corrected chi connectivity index (χ2v) is 23.6. The van der Waals surface area contributed by atoms with Gasteiger partial charge in [0.2, 0.25) is 48.6 Å². The molecule has 5 atom stereocenters. The van der Waals surface area contributed by atoms with Gasteiger partial charge in [0.05, 0.1) is 63.4 Å². The highest BCUT2D eigenvalue weighted by atomic mass is 32.1. The maximum Gasteiger partial charge on any atom is 0.282 e. The molecular weight excluding hydrogens is 1210 g/mol. The number of hydrogen-bond acceptors (Lipinski definition) is 31. The number of amides is 2. The third-order valence-electron chi connectivity index (χ3n) is 14.3. The van der Waals surface area contributed by atoms with E-state index >= 15 is 0 Å². The number of methoxy groups -OCH3 is 2. The summed E-state index contributed by atoms with van der Waals surface area (Å²) < 4.78 is 63.8. The largest absolute Gasteiger partial charge is 0.374 e. The van der Waals surface area contributed by atoms with E-state index in [-0.39, 0.29) is 38.3 Å². The Morgan fingerprint density at radius 3 is 1.20 bits per heavy atom. The van der Waals surface area contributed by atoms with Crippen molar-refractivity contribution in [3.05, 3.63) is 96.8 Å². The van der Waals surface area contributed by atoms with E-state index in [9.17, 15) is 27.2 Å². The van der Waals surface area contributed by atoms with Crippen molar-refractivity contribution in [3.63, 3.8) is 0 Å². The van der Waals surface area contributed by atoms with E-state index in [4.69, 9.17) is 15.2 Å². The smallest absolute Gasteiger partial charge is 0.282 e. The van der Waals surface area contributed by atoms with E-state index in [1.54, 1.807) is 83.1 Å². The molecule has 5 saturated heterocycles. The standard InChI is InChI=1S/2C21H23F2N9O2S.C9H12N8S/c2*1-34-16(13-3-2-4-15(9-13)32-11-21(22,23)12-32)17(33)27-20-30-29-19(35-20)26-14-5-8-31(10-14)18-24-6-7-25-28-18;10-7-14-16-9(18-7)13-6-1-4-17(5-6)8-11-2-3-12-15-8/h2*2-4,6-7,9,14,16H,5,8,10-12H2,1H3,(H,26,29)(H,27,30,33);2-3,6H,1,4-5H2,(H2,10,14)(H,13,16)/t14-,16+;14-,16-;6-/m111/s1. The Morgan fingerprint density at radius 2 is 0.875 bits per heavy atom. The quantitative estimate of drug-likeness (QED) is 0.0611. The first-order chi connectivity index (χ1) is 42.6. The van der Waals surface area contributed by atoms with Gasteiger partial charge in [-0.1, -0.05) is 58.3 Å². The molecular formula is C51H58F4N26O4S3. The number of nitrogens with one attached hydrogen (secondary N) is 5. The van der Waals surface area contributed by atoms with Crippen LogP contribution < -0.4 is 56.8 Å². The minimum absolute atomic E-state index is 0.124. The zero-order valence-electron chi connectivity index (χ0n) is 47.1. The highest BCUT2D eigenvalue weighted by molar-refractivity contribution is 7.19. The number of benzene rings is 2. The lowest BCUT2D eigenvalue weighted by Gasteiger charge is -2.40. The van der Waals surface area contributed by atoms with Gasteiger partial charge in [-0.3, -0.25) is 20.2 Å². The van der Waals surface area contributed by atoms with Gasteiger partial charge in [-0.05, 0) is 54.7 Å². The second kappa shape index (κ2) is 27.3. The predicted molar refractivity (Wildman–Crippen MR) is 320 cm³/mol. The fourth-order valence-electron chi connectivity index (χ4n) is 10.1. The van der Waals surface area contributed by atoms with E-state index < -0.39 is 35.9 Å². The van der Waals surface area contributed by atoms with Gasteiger partial charge in [-0.15, -0.1) is 45.9 Å². The number of alkyl halides is 4. The molecule has 7 N–H and O–H groups in total. The van der Waals surface area contributed by atoms with Crippen molar-refractivity contribution >= 4 is 106 Å². The van der Waals surface area contributed by atoms with Crippen LogP contribution in [0.15, 0.2) is 85.7 Å². The average Bonchev–Trinajstić information content (AvgIpc) is 3.72. The lowest BCUT2D eigenvalue weighted by Crippen LogP contribution is -2.56. The van der Waals surface area contributed by atoms with Gasteiger partial charge in [0.1, 0.15) is 0 Å².